The third-order valence-electron chi connectivity index (χ3n) is 8.83. The van der Waals surface area contributed by atoms with Crippen molar-refractivity contribution >= 4 is 53.3 Å². The van der Waals surface area contributed by atoms with E-state index in [9.17, 15) is 38.4 Å². The minimum absolute atomic E-state index is 0.0256. The molecule has 0 radical (unpaired) electrons. The SMILES string of the molecule is CC.CC.CC(=O)N(C)CCN(C)C(=O)OCc1ccc(NC(=O)CNC(=O)C(NC(=O)CCCCCN2C(=O)CC(C(C)C)C2=O)C(C)C)cc1.CCCNC(N)=O. The van der Waals surface area contributed by atoms with E-state index >= 15 is 0 Å². The lowest BCUT2D eigenvalue weighted by Crippen LogP contribution is -2.51. The van der Waals surface area contributed by atoms with E-state index in [1.165, 1.54) is 21.6 Å². The number of carbonyl (C=O) groups excluding carboxylic acids is 8. The molecule has 0 bridgehead atoms. The number of benzene rings is 1. The average molecular weight is 835 g/mol. The number of urea groups is 1. The van der Waals surface area contributed by atoms with Crippen molar-refractivity contribution in [1.29, 1.82) is 0 Å². The van der Waals surface area contributed by atoms with Gasteiger partial charge in [0.25, 0.3) is 0 Å². The van der Waals surface area contributed by atoms with Gasteiger partial charge in [0, 0.05) is 71.6 Å². The fourth-order valence-corrected chi connectivity index (χ4v) is 5.20. The van der Waals surface area contributed by atoms with Crippen molar-refractivity contribution in [3.63, 3.8) is 0 Å². The van der Waals surface area contributed by atoms with Gasteiger partial charge in [0.05, 0.1) is 6.54 Å². The van der Waals surface area contributed by atoms with Crippen LogP contribution in [0, 0.1) is 17.8 Å². The Hall–Kier alpha value is -5.22. The maximum absolute atomic E-state index is 12.8. The minimum Gasteiger partial charge on any atom is -0.445 e. The maximum atomic E-state index is 12.8. The number of rotatable bonds is 20. The summed E-state index contributed by atoms with van der Waals surface area (Å²) >= 11 is 0. The lowest BCUT2D eigenvalue weighted by atomic mass is 9.94. The number of likely N-dealkylation sites (N-methyl/N-ethyl adjacent to an activating group) is 2. The Kier molecular flexibility index (Phi) is 30.1. The number of imide groups is 1. The highest BCUT2D eigenvalue weighted by molar-refractivity contribution is 6.03. The molecule has 2 atom stereocenters. The molecule has 59 heavy (non-hydrogen) atoms. The number of anilines is 1. The predicted octanol–water partition coefficient (Wildman–Crippen LogP) is 4.64. The summed E-state index contributed by atoms with van der Waals surface area (Å²) < 4.78 is 5.30. The zero-order valence-electron chi connectivity index (χ0n) is 37.7. The highest BCUT2D eigenvalue weighted by Crippen LogP contribution is 2.26. The summed E-state index contributed by atoms with van der Waals surface area (Å²) in [5, 5.41) is 10.4. The van der Waals surface area contributed by atoms with Crippen molar-refractivity contribution < 1.29 is 43.1 Å². The Bertz CT molecular complexity index is 1450. The molecule has 0 spiro atoms. The minimum atomic E-state index is -0.825. The van der Waals surface area contributed by atoms with Gasteiger partial charge in [-0.3, -0.25) is 33.7 Å². The Morgan fingerprint density at radius 3 is 1.95 bits per heavy atom. The van der Waals surface area contributed by atoms with Crippen LogP contribution in [0.15, 0.2) is 24.3 Å². The molecule has 6 N–H and O–H groups in total. The quantitative estimate of drug-likeness (QED) is 0.0909. The highest BCUT2D eigenvalue weighted by Gasteiger charge is 2.39. The molecule has 1 aromatic carbocycles. The Morgan fingerprint density at radius 2 is 1.46 bits per heavy atom. The van der Waals surface area contributed by atoms with E-state index in [4.69, 9.17) is 10.5 Å². The van der Waals surface area contributed by atoms with Gasteiger partial charge in [0.2, 0.25) is 35.4 Å². The molecule has 1 aliphatic rings. The molecule has 0 aliphatic carbocycles. The lowest BCUT2D eigenvalue weighted by Gasteiger charge is -2.22. The summed E-state index contributed by atoms with van der Waals surface area (Å²) in [6.07, 6.45) is 2.66. The van der Waals surface area contributed by atoms with Gasteiger partial charge in [-0.25, -0.2) is 9.59 Å². The Balaban J connectivity index is 0. The van der Waals surface area contributed by atoms with Gasteiger partial charge < -0.3 is 41.5 Å². The van der Waals surface area contributed by atoms with E-state index in [2.05, 4.69) is 21.3 Å². The first-order valence-corrected chi connectivity index (χ1v) is 20.8. The molecule has 2 rings (SSSR count). The number of primary amides is 1. The molecule has 1 saturated heterocycles. The summed E-state index contributed by atoms with van der Waals surface area (Å²) in [5.41, 5.74) is 5.92. The third-order valence-corrected chi connectivity index (χ3v) is 8.83. The van der Waals surface area contributed by atoms with Crippen molar-refractivity contribution in [1.82, 2.24) is 30.7 Å². The summed E-state index contributed by atoms with van der Waals surface area (Å²) in [4.78, 5) is 100. The Labute approximate surface area is 352 Å². The fraction of sp³-hybridized carbons (Fsp3) is 0.667. The second-order valence-corrected chi connectivity index (χ2v) is 14.2. The molecule has 0 saturated carbocycles. The number of amides is 9. The summed E-state index contributed by atoms with van der Waals surface area (Å²) in [6, 6.07) is 5.42. The largest absolute Gasteiger partial charge is 0.445 e. The number of nitrogens with two attached hydrogens (primary N) is 1. The lowest BCUT2D eigenvalue weighted by molar-refractivity contribution is -0.140. The number of ether oxygens (including phenoxy) is 1. The first-order valence-electron chi connectivity index (χ1n) is 20.8. The third kappa shape index (κ3) is 23.7. The molecule has 1 fully saturated rings. The number of nitrogens with zero attached hydrogens (tertiary/aromatic N) is 3. The van der Waals surface area contributed by atoms with Gasteiger partial charge in [-0.15, -0.1) is 0 Å². The monoisotopic (exact) mass is 835 g/mol. The van der Waals surface area contributed by atoms with Crippen LogP contribution >= 0.6 is 0 Å². The molecular weight excluding hydrogens is 761 g/mol. The molecule has 336 valence electrons. The van der Waals surface area contributed by atoms with E-state index in [0.717, 1.165) is 6.42 Å². The second-order valence-electron chi connectivity index (χ2n) is 14.2. The molecule has 1 heterocycles. The molecule has 1 aliphatic heterocycles. The maximum Gasteiger partial charge on any atom is 0.409 e. The predicted molar refractivity (Wildman–Crippen MR) is 230 cm³/mol. The van der Waals surface area contributed by atoms with E-state index in [-0.39, 0.29) is 67.4 Å². The first kappa shape index (κ1) is 55.9. The number of unbranched alkanes of at least 4 members (excludes halogenated alkanes) is 2. The standard InChI is InChI=1S/C34H52N6O8.C4H10N2O.2C2H6/c1-22(2)27-19-30(44)40(33(27)46)16-10-8-9-11-28(42)37-31(23(3)4)32(45)35-20-29(43)36-26-14-12-25(13-15-26)21-48-34(47)39(7)18-17-38(6)24(5)41;1-2-3-6-4(5)7;2*1-2/h12-15,22-23,27,31H,8-11,16-21H2,1-7H3,(H,35,45)(H,36,43)(H,37,42);2-3H2,1H3,(H3,5,6,7);2*1-2H3. The van der Waals surface area contributed by atoms with E-state index in [1.807, 2.05) is 48.5 Å². The molecule has 1 aromatic rings. The first-order chi connectivity index (χ1) is 27.9. The number of likely N-dealkylation sites (tertiary alicyclic amines) is 1. The van der Waals surface area contributed by atoms with Gasteiger partial charge in [-0.05, 0) is 48.8 Å². The van der Waals surface area contributed by atoms with Crippen LogP contribution in [0.3, 0.4) is 0 Å². The van der Waals surface area contributed by atoms with Crippen LogP contribution in [0.4, 0.5) is 15.3 Å². The van der Waals surface area contributed by atoms with Crippen molar-refractivity contribution in [2.45, 2.75) is 120 Å². The van der Waals surface area contributed by atoms with Crippen molar-refractivity contribution in [2.75, 3.05) is 52.1 Å². The van der Waals surface area contributed by atoms with Crippen LogP contribution in [0.5, 0.6) is 0 Å². The van der Waals surface area contributed by atoms with Crippen molar-refractivity contribution in [3.8, 4) is 0 Å². The summed E-state index contributed by atoms with van der Waals surface area (Å²) in [6.45, 7) is 20.3. The molecule has 0 aromatic heterocycles. The normalized spacial score (nSPS) is 13.3. The zero-order valence-corrected chi connectivity index (χ0v) is 37.7. The topological polar surface area (TPSA) is 230 Å². The van der Waals surface area contributed by atoms with Crippen LogP contribution in [-0.2, 0) is 40.1 Å². The molecule has 9 amide bonds. The zero-order chi connectivity index (χ0) is 45.7. The average Bonchev–Trinajstić information content (AvgIpc) is 3.50. The van der Waals surface area contributed by atoms with Gasteiger partial charge in [0.15, 0.2) is 0 Å². The number of hydrogen-bond acceptors (Lipinski definition) is 9. The van der Waals surface area contributed by atoms with Crippen LogP contribution in [0.1, 0.15) is 113 Å². The number of carbonyl (C=O) groups is 8. The number of hydrogen-bond donors (Lipinski definition) is 5. The number of nitrogens with one attached hydrogen (secondary N) is 4. The van der Waals surface area contributed by atoms with Crippen molar-refractivity contribution in [3.05, 3.63) is 29.8 Å². The molecule has 17 heteroatoms. The van der Waals surface area contributed by atoms with Gasteiger partial charge in [0.1, 0.15) is 12.6 Å². The van der Waals surface area contributed by atoms with Crippen LogP contribution in [0.2, 0.25) is 0 Å². The summed E-state index contributed by atoms with van der Waals surface area (Å²) in [5.74, 6) is -1.92. The van der Waals surface area contributed by atoms with Crippen molar-refractivity contribution in [2.24, 2.45) is 23.5 Å². The Morgan fingerprint density at radius 1 is 0.864 bits per heavy atom. The van der Waals surface area contributed by atoms with E-state index in [1.54, 1.807) is 52.2 Å². The van der Waals surface area contributed by atoms with Crippen LogP contribution in [0.25, 0.3) is 0 Å². The van der Waals surface area contributed by atoms with E-state index in [0.29, 0.717) is 56.7 Å². The molecule has 2 unspecified atom stereocenters. The summed E-state index contributed by atoms with van der Waals surface area (Å²) in [7, 11) is 3.24. The second kappa shape index (κ2) is 31.7. The fourth-order valence-electron chi connectivity index (χ4n) is 5.20. The molecular formula is C42H74N8O9. The van der Waals surface area contributed by atoms with Gasteiger partial charge in [-0.1, -0.05) is 80.9 Å². The highest BCUT2D eigenvalue weighted by atomic mass is 16.6. The smallest absolute Gasteiger partial charge is 0.409 e. The van der Waals surface area contributed by atoms with Gasteiger partial charge >= 0.3 is 12.1 Å². The molecule has 17 nitrogen and oxygen atoms in total. The van der Waals surface area contributed by atoms with Crippen LogP contribution in [-0.4, -0.2) is 115 Å². The van der Waals surface area contributed by atoms with Crippen LogP contribution < -0.4 is 27.0 Å². The van der Waals surface area contributed by atoms with Gasteiger partial charge in [-0.2, -0.15) is 0 Å². The van der Waals surface area contributed by atoms with E-state index < -0.39 is 30.0 Å².